The van der Waals surface area contributed by atoms with Gasteiger partial charge in [0.2, 0.25) is 11.8 Å². The van der Waals surface area contributed by atoms with Crippen molar-refractivity contribution >= 4 is 46.2 Å². The number of anilines is 1. The molecule has 0 fully saturated rings. The highest BCUT2D eigenvalue weighted by molar-refractivity contribution is 7.18. The quantitative estimate of drug-likeness (QED) is 0.695. The van der Waals surface area contributed by atoms with E-state index in [1.165, 1.54) is 23.3 Å². The van der Waals surface area contributed by atoms with Gasteiger partial charge in [-0.1, -0.05) is 11.6 Å². The number of ether oxygens (including phenoxy) is 1. The molecule has 0 bridgehead atoms. The van der Waals surface area contributed by atoms with Crippen LogP contribution >= 0.6 is 22.9 Å². The Morgan fingerprint density at radius 1 is 1.12 bits per heavy atom. The largest absolute Gasteiger partial charge is 0.497 e. The van der Waals surface area contributed by atoms with Crippen LogP contribution in [0.5, 0.6) is 5.75 Å². The second-order valence-corrected chi connectivity index (χ2v) is 7.27. The van der Waals surface area contributed by atoms with Gasteiger partial charge in [-0.25, -0.2) is 0 Å². The third kappa shape index (κ3) is 5.86. The molecule has 1 heterocycles. The van der Waals surface area contributed by atoms with Crippen molar-refractivity contribution in [2.24, 2.45) is 0 Å². The van der Waals surface area contributed by atoms with E-state index < -0.39 is 0 Å². The molecular weight excluding hydrogens is 376 g/mol. The van der Waals surface area contributed by atoms with E-state index in [1.807, 2.05) is 0 Å². The van der Waals surface area contributed by atoms with E-state index in [0.717, 1.165) is 0 Å². The zero-order chi connectivity index (χ0) is 19.1. The molecule has 0 spiro atoms. The van der Waals surface area contributed by atoms with Crippen LogP contribution in [0.15, 0.2) is 36.4 Å². The molecule has 0 aliphatic carbocycles. The number of halogens is 1. The minimum Gasteiger partial charge on any atom is -0.497 e. The van der Waals surface area contributed by atoms with Crippen LogP contribution in [-0.4, -0.2) is 43.2 Å². The van der Waals surface area contributed by atoms with Crippen molar-refractivity contribution in [1.82, 2.24) is 4.90 Å². The number of rotatable bonds is 8. The lowest BCUT2D eigenvalue weighted by Gasteiger charge is -2.16. The zero-order valence-electron chi connectivity index (χ0n) is 14.5. The van der Waals surface area contributed by atoms with Gasteiger partial charge in [0.25, 0.3) is 0 Å². The molecule has 6 nitrogen and oxygen atoms in total. The lowest BCUT2D eigenvalue weighted by molar-refractivity contribution is -0.133. The summed E-state index contributed by atoms with van der Waals surface area (Å²) in [5, 5.41) is 2.70. The van der Waals surface area contributed by atoms with Gasteiger partial charge in [0.15, 0.2) is 5.78 Å². The van der Waals surface area contributed by atoms with Crippen LogP contribution in [0.2, 0.25) is 4.34 Å². The van der Waals surface area contributed by atoms with Crippen molar-refractivity contribution < 1.29 is 19.1 Å². The van der Waals surface area contributed by atoms with Gasteiger partial charge in [0.05, 0.1) is 22.9 Å². The normalized spacial score (nSPS) is 10.3. The molecule has 1 N–H and O–H groups in total. The summed E-state index contributed by atoms with van der Waals surface area (Å²) < 4.78 is 5.58. The maximum absolute atomic E-state index is 12.1. The monoisotopic (exact) mass is 394 g/mol. The van der Waals surface area contributed by atoms with Crippen molar-refractivity contribution in [3.63, 3.8) is 0 Å². The van der Waals surface area contributed by atoms with Crippen molar-refractivity contribution in [2.45, 2.75) is 12.8 Å². The summed E-state index contributed by atoms with van der Waals surface area (Å²) in [6.45, 7) is -0.0934. The Balaban J connectivity index is 1.78. The van der Waals surface area contributed by atoms with Crippen molar-refractivity contribution in [1.29, 1.82) is 0 Å². The molecule has 26 heavy (non-hydrogen) atoms. The average Bonchev–Trinajstić information content (AvgIpc) is 3.06. The van der Waals surface area contributed by atoms with Gasteiger partial charge >= 0.3 is 0 Å². The lowest BCUT2D eigenvalue weighted by Crippen LogP contribution is -2.35. The second kappa shape index (κ2) is 9.35. The molecule has 0 saturated carbocycles. The summed E-state index contributed by atoms with van der Waals surface area (Å²) in [6, 6.07) is 10.2. The number of hydrogen-bond donors (Lipinski definition) is 1. The number of ketones is 1. The molecule has 0 radical (unpaired) electrons. The van der Waals surface area contributed by atoms with Crippen molar-refractivity contribution in [3.8, 4) is 5.75 Å². The van der Waals surface area contributed by atoms with Gasteiger partial charge < -0.3 is 15.0 Å². The van der Waals surface area contributed by atoms with Crippen LogP contribution in [0.4, 0.5) is 5.69 Å². The van der Waals surface area contributed by atoms with Crippen LogP contribution in [0, 0.1) is 0 Å². The second-order valence-electron chi connectivity index (χ2n) is 5.55. The number of amides is 2. The maximum Gasteiger partial charge on any atom is 0.243 e. The van der Waals surface area contributed by atoms with Gasteiger partial charge in [-0.15, -0.1) is 11.3 Å². The Labute approximate surface area is 160 Å². The molecular formula is C18H19ClN2O4S. The number of carbonyl (C=O) groups is 3. The summed E-state index contributed by atoms with van der Waals surface area (Å²) in [6.07, 6.45) is 0.126. The first kappa shape index (κ1) is 19.9. The molecule has 0 unspecified atom stereocenters. The first-order chi connectivity index (χ1) is 12.4. The van der Waals surface area contributed by atoms with E-state index in [4.69, 9.17) is 16.3 Å². The molecule has 0 aliphatic heterocycles. The minimum atomic E-state index is -0.317. The molecule has 138 valence electrons. The van der Waals surface area contributed by atoms with Crippen LogP contribution in [0.1, 0.15) is 22.5 Å². The standard InChI is InChI=1S/C18H19ClN2O4S/c1-21(11-17(23)20-12-3-5-13(25-2)6-4-12)18(24)10-7-14(22)15-8-9-16(19)26-15/h3-6,8-9H,7,10-11H2,1-2H3,(H,20,23). The average molecular weight is 395 g/mol. The smallest absolute Gasteiger partial charge is 0.243 e. The Bertz CT molecular complexity index is 789. The predicted molar refractivity (Wildman–Crippen MR) is 102 cm³/mol. The van der Waals surface area contributed by atoms with Gasteiger partial charge in [-0.2, -0.15) is 0 Å². The van der Waals surface area contributed by atoms with Crippen molar-refractivity contribution in [2.75, 3.05) is 26.0 Å². The van der Waals surface area contributed by atoms with E-state index >= 15 is 0 Å². The highest BCUT2D eigenvalue weighted by Crippen LogP contribution is 2.23. The highest BCUT2D eigenvalue weighted by atomic mass is 35.5. The van der Waals surface area contributed by atoms with Crippen LogP contribution in [-0.2, 0) is 9.59 Å². The van der Waals surface area contributed by atoms with E-state index in [2.05, 4.69) is 5.32 Å². The topological polar surface area (TPSA) is 75.7 Å². The molecule has 0 atom stereocenters. The van der Waals surface area contributed by atoms with Gasteiger partial charge in [0, 0.05) is 25.6 Å². The summed E-state index contributed by atoms with van der Waals surface area (Å²) >= 11 is 6.99. The Morgan fingerprint density at radius 2 is 1.81 bits per heavy atom. The molecule has 1 aromatic heterocycles. The Hall–Kier alpha value is -2.38. The zero-order valence-corrected chi connectivity index (χ0v) is 16.0. The number of Topliss-reactive ketones (excluding diaryl/α,β-unsaturated/α-hetero) is 1. The van der Waals surface area contributed by atoms with Crippen LogP contribution < -0.4 is 10.1 Å². The third-order valence-electron chi connectivity index (χ3n) is 3.59. The van der Waals surface area contributed by atoms with Crippen LogP contribution in [0.3, 0.4) is 0 Å². The molecule has 2 aromatic rings. The number of nitrogens with zero attached hydrogens (tertiary/aromatic N) is 1. The first-order valence-corrected chi connectivity index (χ1v) is 9.05. The number of carbonyl (C=O) groups excluding carboxylic acids is 3. The van der Waals surface area contributed by atoms with E-state index in [0.29, 0.717) is 20.7 Å². The highest BCUT2D eigenvalue weighted by Gasteiger charge is 2.16. The minimum absolute atomic E-state index is 0.0423. The number of methoxy groups -OCH3 is 1. The third-order valence-corrected chi connectivity index (χ3v) is 4.87. The molecule has 0 saturated heterocycles. The molecule has 2 amide bonds. The number of benzene rings is 1. The fraction of sp³-hybridized carbons (Fsp3) is 0.278. The Morgan fingerprint density at radius 3 is 2.38 bits per heavy atom. The fourth-order valence-corrected chi connectivity index (χ4v) is 3.19. The molecule has 2 rings (SSSR count). The number of hydrogen-bond acceptors (Lipinski definition) is 5. The fourth-order valence-electron chi connectivity index (χ4n) is 2.18. The SMILES string of the molecule is COc1ccc(NC(=O)CN(C)C(=O)CCC(=O)c2ccc(Cl)s2)cc1. The summed E-state index contributed by atoms with van der Waals surface area (Å²) in [5.41, 5.74) is 0.612. The van der Waals surface area contributed by atoms with Crippen LogP contribution in [0.25, 0.3) is 0 Å². The number of nitrogens with one attached hydrogen (secondary N) is 1. The van der Waals surface area contributed by atoms with Crippen molar-refractivity contribution in [3.05, 3.63) is 45.6 Å². The number of likely N-dealkylation sites (N-methyl/N-ethyl adjacent to an activating group) is 1. The summed E-state index contributed by atoms with van der Waals surface area (Å²) in [5.74, 6) is -0.0356. The van der Waals surface area contributed by atoms with E-state index in [-0.39, 0.29) is 37.0 Å². The van der Waals surface area contributed by atoms with E-state index in [9.17, 15) is 14.4 Å². The molecule has 1 aromatic carbocycles. The molecule has 0 aliphatic rings. The lowest BCUT2D eigenvalue weighted by atomic mass is 10.2. The van der Waals surface area contributed by atoms with Gasteiger partial charge in [0.1, 0.15) is 5.75 Å². The Kier molecular flexibility index (Phi) is 7.17. The molecule has 8 heteroatoms. The first-order valence-electron chi connectivity index (χ1n) is 7.85. The predicted octanol–water partition coefficient (Wildman–Crippen LogP) is 3.47. The van der Waals surface area contributed by atoms with Gasteiger partial charge in [-0.05, 0) is 36.4 Å². The van der Waals surface area contributed by atoms with E-state index in [1.54, 1.807) is 43.5 Å². The maximum atomic E-state index is 12.1. The number of thiophene rings is 1. The summed E-state index contributed by atoms with van der Waals surface area (Å²) in [7, 11) is 3.09. The van der Waals surface area contributed by atoms with Gasteiger partial charge in [-0.3, -0.25) is 14.4 Å². The summed E-state index contributed by atoms with van der Waals surface area (Å²) in [4.78, 5) is 38.0.